The van der Waals surface area contributed by atoms with Crippen LogP contribution < -0.4 is 14.8 Å². The van der Waals surface area contributed by atoms with Gasteiger partial charge >= 0.3 is 0 Å². The minimum atomic E-state index is -0.231. The number of nitrogens with one attached hydrogen (secondary N) is 1. The van der Waals surface area contributed by atoms with E-state index in [1.54, 1.807) is 32.4 Å². The first-order valence-electron chi connectivity index (χ1n) is 9.67. The van der Waals surface area contributed by atoms with Crippen molar-refractivity contribution in [1.29, 1.82) is 0 Å². The number of aromatic nitrogens is 2. The summed E-state index contributed by atoms with van der Waals surface area (Å²) >= 11 is 2.84. The first-order valence-corrected chi connectivity index (χ1v) is 11.5. The van der Waals surface area contributed by atoms with Gasteiger partial charge in [0.15, 0.2) is 11.5 Å². The topological polar surface area (TPSA) is 93.6 Å². The van der Waals surface area contributed by atoms with Crippen molar-refractivity contribution in [3.05, 3.63) is 53.7 Å². The fourth-order valence-electron chi connectivity index (χ4n) is 3.24. The maximum absolute atomic E-state index is 12.5. The highest BCUT2D eigenvalue weighted by atomic mass is 32.2. The number of nitrogens with zero attached hydrogens (tertiary/aromatic N) is 2. The van der Waals surface area contributed by atoms with E-state index in [4.69, 9.17) is 9.47 Å². The molecular formula is C23H21N3O4S2. The number of hydrogen-bond acceptors (Lipinski definition) is 8. The zero-order valence-electron chi connectivity index (χ0n) is 17.7. The van der Waals surface area contributed by atoms with E-state index in [0.29, 0.717) is 22.2 Å². The standard InChI is InChI=1S/C23H21N3O4S2/c1-13-4-6-17(27)16(8-13)26-20(28)11-32-23-21-15(10-31-22(21)24-12-25-23)14-5-7-18(29-2)19(9-14)30-3/h4-10,12,27H,11H2,1-3H3,(H,26,28). The number of rotatable bonds is 7. The Bertz CT molecular complexity index is 1290. The molecule has 0 fully saturated rings. The molecular weight excluding hydrogens is 446 g/mol. The van der Waals surface area contributed by atoms with Gasteiger partial charge < -0.3 is 19.9 Å². The Kier molecular flexibility index (Phi) is 6.48. The molecule has 7 nitrogen and oxygen atoms in total. The molecule has 0 saturated carbocycles. The number of aromatic hydroxyl groups is 1. The van der Waals surface area contributed by atoms with E-state index in [-0.39, 0.29) is 17.4 Å². The number of aryl methyl sites for hydroxylation is 1. The summed E-state index contributed by atoms with van der Waals surface area (Å²) in [6.45, 7) is 1.90. The van der Waals surface area contributed by atoms with Gasteiger partial charge in [0.1, 0.15) is 21.9 Å². The van der Waals surface area contributed by atoms with Crippen LogP contribution in [0.15, 0.2) is 53.1 Å². The Morgan fingerprint density at radius 3 is 2.72 bits per heavy atom. The molecule has 0 aliphatic rings. The van der Waals surface area contributed by atoms with Gasteiger partial charge in [0.05, 0.1) is 31.0 Å². The number of benzene rings is 2. The van der Waals surface area contributed by atoms with Crippen molar-refractivity contribution in [2.45, 2.75) is 11.9 Å². The maximum atomic E-state index is 12.5. The molecule has 1 amide bonds. The Hall–Kier alpha value is -3.30. The van der Waals surface area contributed by atoms with Gasteiger partial charge in [-0.1, -0.05) is 23.9 Å². The van der Waals surface area contributed by atoms with Crippen molar-refractivity contribution in [3.63, 3.8) is 0 Å². The van der Waals surface area contributed by atoms with Gasteiger partial charge in [-0.05, 0) is 42.3 Å². The van der Waals surface area contributed by atoms with Gasteiger partial charge in [0.2, 0.25) is 5.91 Å². The van der Waals surface area contributed by atoms with E-state index in [9.17, 15) is 9.90 Å². The Morgan fingerprint density at radius 1 is 1.12 bits per heavy atom. The van der Waals surface area contributed by atoms with Crippen LogP contribution in [-0.4, -0.2) is 41.0 Å². The van der Waals surface area contributed by atoms with Crippen LogP contribution in [0.25, 0.3) is 21.3 Å². The number of thiophene rings is 1. The number of carbonyl (C=O) groups excluding carboxylic acids is 1. The Balaban J connectivity index is 1.60. The first kappa shape index (κ1) is 21.9. The van der Waals surface area contributed by atoms with Crippen molar-refractivity contribution < 1.29 is 19.4 Å². The quantitative estimate of drug-likeness (QED) is 0.221. The molecule has 0 spiro atoms. The molecule has 0 saturated heterocycles. The van der Waals surface area contributed by atoms with Crippen molar-refractivity contribution >= 4 is 44.9 Å². The molecule has 9 heteroatoms. The third-order valence-corrected chi connectivity index (χ3v) is 6.67. The number of phenols is 1. The number of thioether (sulfide) groups is 1. The highest BCUT2D eigenvalue weighted by Crippen LogP contribution is 2.40. The number of anilines is 1. The summed E-state index contributed by atoms with van der Waals surface area (Å²) in [5, 5.41) is 16.3. The lowest BCUT2D eigenvalue weighted by atomic mass is 10.1. The number of methoxy groups -OCH3 is 2. The lowest BCUT2D eigenvalue weighted by Crippen LogP contribution is -2.14. The normalized spacial score (nSPS) is 10.8. The molecule has 164 valence electrons. The molecule has 0 aliphatic carbocycles. The van der Waals surface area contributed by atoms with Gasteiger partial charge in [-0.3, -0.25) is 4.79 Å². The summed E-state index contributed by atoms with van der Waals surface area (Å²) in [5.41, 5.74) is 3.25. The molecule has 4 aromatic rings. The van der Waals surface area contributed by atoms with Crippen LogP contribution in [-0.2, 0) is 4.79 Å². The maximum Gasteiger partial charge on any atom is 0.234 e. The average Bonchev–Trinajstić information content (AvgIpc) is 3.24. The van der Waals surface area contributed by atoms with Crippen molar-refractivity contribution in [3.8, 4) is 28.4 Å². The van der Waals surface area contributed by atoms with Gasteiger partial charge in [-0.25, -0.2) is 9.97 Å². The highest BCUT2D eigenvalue weighted by Gasteiger charge is 2.17. The lowest BCUT2D eigenvalue weighted by Gasteiger charge is -2.10. The second-order valence-electron chi connectivity index (χ2n) is 6.94. The molecule has 2 N–H and O–H groups in total. The van der Waals surface area contributed by atoms with Crippen molar-refractivity contribution in [1.82, 2.24) is 9.97 Å². The van der Waals surface area contributed by atoms with Gasteiger partial charge in [0, 0.05) is 10.9 Å². The highest BCUT2D eigenvalue weighted by molar-refractivity contribution is 8.00. The number of ether oxygens (including phenoxy) is 2. The van der Waals surface area contributed by atoms with Crippen LogP contribution in [0.5, 0.6) is 17.2 Å². The van der Waals surface area contributed by atoms with Crippen LogP contribution in [0, 0.1) is 6.92 Å². The summed E-state index contributed by atoms with van der Waals surface area (Å²) in [6.07, 6.45) is 1.50. The first-order chi connectivity index (χ1) is 15.5. The minimum Gasteiger partial charge on any atom is -0.506 e. The summed E-state index contributed by atoms with van der Waals surface area (Å²) in [6, 6.07) is 10.8. The van der Waals surface area contributed by atoms with Crippen LogP contribution in [0.3, 0.4) is 0 Å². The van der Waals surface area contributed by atoms with Crippen LogP contribution >= 0.6 is 23.1 Å². The molecule has 4 rings (SSSR count). The fourth-order valence-corrected chi connectivity index (χ4v) is 5.04. The largest absolute Gasteiger partial charge is 0.506 e. The van der Waals surface area contributed by atoms with E-state index in [1.807, 2.05) is 30.5 Å². The third kappa shape index (κ3) is 4.49. The van der Waals surface area contributed by atoms with E-state index >= 15 is 0 Å². The lowest BCUT2D eigenvalue weighted by molar-refractivity contribution is -0.113. The molecule has 2 aromatic heterocycles. The van der Waals surface area contributed by atoms with E-state index < -0.39 is 0 Å². The minimum absolute atomic E-state index is 0.0342. The van der Waals surface area contributed by atoms with Crippen LogP contribution in [0.4, 0.5) is 5.69 Å². The molecule has 2 heterocycles. The van der Waals surface area contributed by atoms with E-state index in [1.165, 1.54) is 29.4 Å². The van der Waals surface area contributed by atoms with E-state index in [2.05, 4.69) is 15.3 Å². The van der Waals surface area contributed by atoms with Gasteiger partial charge in [0.25, 0.3) is 0 Å². The smallest absolute Gasteiger partial charge is 0.234 e. The monoisotopic (exact) mass is 467 g/mol. The SMILES string of the molecule is COc1ccc(-c2csc3ncnc(SCC(=O)Nc4cc(C)ccc4O)c23)cc1OC. The van der Waals surface area contributed by atoms with Gasteiger partial charge in [-0.15, -0.1) is 11.3 Å². The number of carbonyl (C=O) groups is 1. The second-order valence-corrected chi connectivity index (χ2v) is 8.76. The van der Waals surface area contributed by atoms with E-state index in [0.717, 1.165) is 26.9 Å². The summed E-state index contributed by atoms with van der Waals surface area (Å²) in [7, 11) is 3.20. The molecule has 0 unspecified atom stereocenters. The zero-order valence-corrected chi connectivity index (χ0v) is 19.3. The van der Waals surface area contributed by atoms with Gasteiger partial charge in [-0.2, -0.15) is 0 Å². The van der Waals surface area contributed by atoms with Crippen molar-refractivity contribution in [2.75, 3.05) is 25.3 Å². The van der Waals surface area contributed by atoms with Crippen LogP contribution in [0.1, 0.15) is 5.56 Å². The molecule has 0 atom stereocenters. The summed E-state index contributed by atoms with van der Waals surface area (Å²) in [4.78, 5) is 22.2. The molecule has 2 aromatic carbocycles. The molecule has 0 bridgehead atoms. The third-order valence-electron chi connectivity index (χ3n) is 4.80. The van der Waals surface area contributed by atoms with Crippen molar-refractivity contribution in [2.24, 2.45) is 0 Å². The van der Waals surface area contributed by atoms with Crippen LogP contribution in [0.2, 0.25) is 0 Å². The number of hydrogen-bond donors (Lipinski definition) is 2. The predicted molar refractivity (Wildman–Crippen MR) is 128 cm³/mol. The molecule has 0 aliphatic heterocycles. The zero-order chi connectivity index (χ0) is 22.7. The predicted octanol–water partition coefficient (Wildman–Crippen LogP) is 5.12. The summed E-state index contributed by atoms with van der Waals surface area (Å²) in [5.74, 6) is 1.23. The number of phenolic OH excluding ortho intramolecular Hbond substituents is 1. The Labute approximate surface area is 193 Å². The molecule has 32 heavy (non-hydrogen) atoms. The molecule has 0 radical (unpaired) electrons. The average molecular weight is 468 g/mol. The Morgan fingerprint density at radius 2 is 1.94 bits per heavy atom. The number of fused-ring (bicyclic) bond motifs is 1. The number of amides is 1. The second kappa shape index (κ2) is 9.46. The summed E-state index contributed by atoms with van der Waals surface area (Å²) < 4.78 is 10.8. The fraction of sp³-hybridized carbons (Fsp3) is 0.174.